The number of rotatable bonds is 3. The normalized spacial score (nSPS) is 10.2. The summed E-state index contributed by atoms with van der Waals surface area (Å²) in [6.45, 7) is 0.743. The van der Waals surface area contributed by atoms with Crippen LogP contribution in [0.4, 0.5) is 4.39 Å². The molecular formula is C12H11FN4. The van der Waals surface area contributed by atoms with E-state index in [1.807, 2.05) is 6.07 Å². The van der Waals surface area contributed by atoms with Gasteiger partial charge in [-0.05, 0) is 12.1 Å². The van der Waals surface area contributed by atoms with Gasteiger partial charge in [0.15, 0.2) is 0 Å². The smallest absolute Gasteiger partial charge is 0.129 e. The summed E-state index contributed by atoms with van der Waals surface area (Å²) in [7, 11) is 0. The van der Waals surface area contributed by atoms with Crippen molar-refractivity contribution < 1.29 is 4.39 Å². The van der Waals surface area contributed by atoms with Crippen molar-refractivity contribution in [2.75, 3.05) is 0 Å². The molecule has 0 aliphatic rings. The average Bonchev–Trinajstić information content (AvgIpc) is 2.79. The van der Waals surface area contributed by atoms with E-state index in [9.17, 15) is 4.39 Å². The van der Waals surface area contributed by atoms with Crippen LogP contribution in [0.3, 0.4) is 0 Å². The first-order chi connectivity index (χ1) is 8.22. The van der Waals surface area contributed by atoms with Crippen LogP contribution < -0.4 is 5.73 Å². The van der Waals surface area contributed by atoms with E-state index in [4.69, 9.17) is 11.0 Å². The van der Waals surface area contributed by atoms with E-state index >= 15 is 0 Å². The molecule has 0 atom stereocenters. The molecule has 86 valence electrons. The Hall–Kier alpha value is -2.19. The van der Waals surface area contributed by atoms with Crippen molar-refractivity contribution in [3.8, 4) is 6.07 Å². The van der Waals surface area contributed by atoms with Crippen LogP contribution in [-0.2, 0) is 13.1 Å². The number of benzene rings is 1. The molecule has 1 aromatic heterocycles. The van der Waals surface area contributed by atoms with E-state index in [1.54, 1.807) is 29.2 Å². The van der Waals surface area contributed by atoms with Gasteiger partial charge in [0.1, 0.15) is 5.82 Å². The van der Waals surface area contributed by atoms with Gasteiger partial charge in [-0.15, -0.1) is 0 Å². The number of halogens is 1. The van der Waals surface area contributed by atoms with E-state index in [1.165, 1.54) is 6.07 Å². The lowest BCUT2D eigenvalue weighted by molar-refractivity contribution is 0.584. The van der Waals surface area contributed by atoms with Crippen molar-refractivity contribution in [2.45, 2.75) is 13.1 Å². The molecule has 0 spiro atoms. The standard InChI is InChI=1S/C12H11FN4/c13-12-3-9(4-14)1-2-11(12)8-17-7-10(5-15)6-16-17/h1-3,6-7H,5,8,15H2. The monoisotopic (exact) mass is 230 g/mol. The maximum Gasteiger partial charge on any atom is 0.129 e. The van der Waals surface area contributed by atoms with Gasteiger partial charge in [-0.1, -0.05) is 6.07 Å². The molecule has 4 nitrogen and oxygen atoms in total. The molecular weight excluding hydrogens is 219 g/mol. The number of nitrogens with zero attached hydrogens (tertiary/aromatic N) is 3. The minimum absolute atomic E-state index is 0.314. The lowest BCUT2D eigenvalue weighted by Crippen LogP contribution is -2.03. The molecule has 0 fully saturated rings. The van der Waals surface area contributed by atoms with Crippen LogP contribution in [0.25, 0.3) is 0 Å². The molecule has 0 aliphatic heterocycles. The summed E-state index contributed by atoms with van der Waals surface area (Å²) in [6.07, 6.45) is 3.43. The molecule has 0 amide bonds. The third-order valence-electron chi connectivity index (χ3n) is 2.44. The number of nitriles is 1. The minimum atomic E-state index is -0.395. The predicted molar refractivity (Wildman–Crippen MR) is 60.3 cm³/mol. The van der Waals surface area contributed by atoms with Crippen LogP contribution in [0, 0.1) is 17.1 Å². The summed E-state index contributed by atoms with van der Waals surface area (Å²) in [5.41, 5.74) is 7.17. The molecule has 2 N–H and O–H groups in total. The highest BCUT2D eigenvalue weighted by Gasteiger charge is 2.05. The molecule has 0 unspecified atom stereocenters. The highest BCUT2D eigenvalue weighted by Crippen LogP contribution is 2.11. The Labute approximate surface area is 98.1 Å². The van der Waals surface area contributed by atoms with Gasteiger partial charge in [0, 0.05) is 23.9 Å². The van der Waals surface area contributed by atoms with Gasteiger partial charge >= 0.3 is 0 Å². The number of aromatic nitrogens is 2. The largest absolute Gasteiger partial charge is 0.326 e. The second kappa shape index (κ2) is 4.76. The first kappa shape index (κ1) is 11.3. The summed E-state index contributed by atoms with van der Waals surface area (Å²) in [5, 5.41) is 12.7. The Kier molecular flexibility index (Phi) is 3.17. The van der Waals surface area contributed by atoms with Crippen molar-refractivity contribution in [3.63, 3.8) is 0 Å². The Morgan fingerprint density at radius 2 is 2.29 bits per heavy atom. The maximum absolute atomic E-state index is 13.6. The van der Waals surface area contributed by atoms with Gasteiger partial charge in [0.25, 0.3) is 0 Å². The Morgan fingerprint density at radius 1 is 1.47 bits per heavy atom. The van der Waals surface area contributed by atoms with Gasteiger partial charge in [0.2, 0.25) is 0 Å². The van der Waals surface area contributed by atoms with Crippen molar-refractivity contribution in [3.05, 3.63) is 53.1 Å². The molecule has 1 heterocycles. The van der Waals surface area contributed by atoms with Gasteiger partial charge < -0.3 is 5.73 Å². The van der Waals surface area contributed by atoms with E-state index in [2.05, 4.69) is 5.10 Å². The fraction of sp³-hybridized carbons (Fsp3) is 0.167. The third-order valence-corrected chi connectivity index (χ3v) is 2.44. The Morgan fingerprint density at radius 3 is 2.88 bits per heavy atom. The van der Waals surface area contributed by atoms with Gasteiger partial charge in [-0.25, -0.2) is 4.39 Å². The first-order valence-electron chi connectivity index (χ1n) is 5.13. The number of hydrogen-bond donors (Lipinski definition) is 1. The van der Waals surface area contributed by atoms with Crippen LogP contribution in [0.15, 0.2) is 30.6 Å². The number of nitrogens with two attached hydrogens (primary N) is 1. The zero-order valence-electron chi connectivity index (χ0n) is 9.10. The molecule has 0 radical (unpaired) electrons. The molecule has 0 saturated carbocycles. The summed E-state index contributed by atoms with van der Waals surface area (Å²) >= 11 is 0. The van der Waals surface area contributed by atoms with Crippen LogP contribution in [-0.4, -0.2) is 9.78 Å². The van der Waals surface area contributed by atoms with Crippen molar-refractivity contribution >= 4 is 0 Å². The molecule has 0 aliphatic carbocycles. The summed E-state index contributed by atoms with van der Waals surface area (Å²) in [4.78, 5) is 0. The topological polar surface area (TPSA) is 67.6 Å². The van der Waals surface area contributed by atoms with E-state index in [0.717, 1.165) is 5.56 Å². The van der Waals surface area contributed by atoms with Crippen LogP contribution >= 0.6 is 0 Å². The lowest BCUT2D eigenvalue weighted by Gasteiger charge is -2.03. The van der Waals surface area contributed by atoms with Gasteiger partial charge in [0.05, 0.1) is 24.4 Å². The second-order valence-electron chi connectivity index (χ2n) is 3.67. The summed E-state index contributed by atoms with van der Waals surface area (Å²) < 4.78 is 15.2. The highest BCUT2D eigenvalue weighted by molar-refractivity contribution is 5.32. The average molecular weight is 230 g/mol. The molecule has 1 aromatic carbocycles. The van der Waals surface area contributed by atoms with Gasteiger partial charge in [-0.3, -0.25) is 4.68 Å². The van der Waals surface area contributed by atoms with Crippen molar-refractivity contribution in [1.82, 2.24) is 9.78 Å². The minimum Gasteiger partial charge on any atom is -0.326 e. The molecule has 0 saturated heterocycles. The van der Waals surface area contributed by atoms with Crippen molar-refractivity contribution in [2.24, 2.45) is 5.73 Å². The zero-order chi connectivity index (χ0) is 12.3. The van der Waals surface area contributed by atoms with Crippen LogP contribution in [0.2, 0.25) is 0 Å². The second-order valence-corrected chi connectivity index (χ2v) is 3.67. The quantitative estimate of drug-likeness (QED) is 0.866. The fourth-order valence-electron chi connectivity index (χ4n) is 1.52. The van der Waals surface area contributed by atoms with Crippen molar-refractivity contribution in [1.29, 1.82) is 5.26 Å². The molecule has 2 rings (SSSR count). The molecule has 0 bridgehead atoms. The third kappa shape index (κ3) is 2.49. The summed E-state index contributed by atoms with van der Waals surface area (Å²) in [5.74, 6) is -0.395. The SMILES string of the molecule is N#Cc1ccc(Cn2cc(CN)cn2)c(F)c1. The highest BCUT2D eigenvalue weighted by atomic mass is 19.1. The zero-order valence-corrected chi connectivity index (χ0v) is 9.10. The van der Waals surface area contributed by atoms with Crippen LogP contribution in [0.1, 0.15) is 16.7 Å². The Bertz CT molecular complexity index is 568. The first-order valence-corrected chi connectivity index (χ1v) is 5.13. The predicted octanol–water partition coefficient (Wildman–Crippen LogP) is 1.40. The molecule has 17 heavy (non-hydrogen) atoms. The maximum atomic E-state index is 13.6. The van der Waals surface area contributed by atoms with Crippen LogP contribution in [0.5, 0.6) is 0 Å². The molecule has 2 aromatic rings. The Balaban J connectivity index is 2.21. The molecule has 5 heteroatoms. The lowest BCUT2D eigenvalue weighted by atomic mass is 10.1. The van der Waals surface area contributed by atoms with Gasteiger partial charge in [-0.2, -0.15) is 10.4 Å². The van der Waals surface area contributed by atoms with E-state index < -0.39 is 5.82 Å². The van der Waals surface area contributed by atoms with E-state index in [0.29, 0.717) is 24.2 Å². The fourth-order valence-corrected chi connectivity index (χ4v) is 1.52. The van der Waals surface area contributed by atoms with E-state index in [-0.39, 0.29) is 0 Å². The number of hydrogen-bond acceptors (Lipinski definition) is 3. The summed E-state index contributed by atoms with van der Waals surface area (Å²) in [6, 6.07) is 6.30.